The molecule has 0 aliphatic heterocycles. The Balaban J connectivity index is 0.000000333. The number of rotatable bonds is 9. The van der Waals surface area contributed by atoms with Crippen molar-refractivity contribution in [2.45, 2.75) is 99.8 Å². The van der Waals surface area contributed by atoms with Crippen LogP contribution in [0.4, 0.5) is 0 Å². The van der Waals surface area contributed by atoms with Crippen molar-refractivity contribution in [3.63, 3.8) is 0 Å². The largest absolute Gasteiger partial charge is 0.0622 e. The lowest BCUT2D eigenvalue weighted by Gasteiger charge is -2.12. The first-order valence-corrected chi connectivity index (χ1v) is 42.9. The van der Waals surface area contributed by atoms with Gasteiger partial charge in [-0.05, 0) is 491 Å². The van der Waals surface area contributed by atoms with Gasteiger partial charge in [-0.2, -0.15) is 0 Å². The molecule has 0 atom stereocenters. The lowest BCUT2D eigenvalue weighted by molar-refractivity contribution is 0.957. The zero-order valence-electron chi connectivity index (χ0n) is 43.4. The first kappa shape index (κ1) is 83.2. The van der Waals surface area contributed by atoms with Gasteiger partial charge in [0.15, 0.2) is 0 Å². The first-order valence-electron chi connectivity index (χ1n) is 23.8. The van der Waals surface area contributed by atoms with Crippen LogP contribution in [0.25, 0.3) is 0 Å². The van der Waals surface area contributed by atoms with Crippen LogP contribution in [0.3, 0.4) is 0 Å². The van der Waals surface area contributed by atoms with Gasteiger partial charge in [-0.15, -0.1) is 0 Å². The lowest BCUT2D eigenvalue weighted by Crippen LogP contribution is -1.91. The van der Waals surface area contributed by atoms with Crippen molar-refractivity contribution >= 4 is 382 Å². The van der Waals surface area contributed by atoms with Crippen LogP contribution in [0, 0.1) is 6.92 Å². The van der Waals surface area contributed by atoms with E-state index in [1.54, 1.807) is 0 Å². The highest BCUT2D eigenvalue weighted by Gasteiger charge is 2.20. The van der Waals surface area contributed by atoms with Crippen molar-refractivity contribution in [3.8, 4) is 0 Å². The zero-order chi connectivity index (χ0) is 62.1. The van der Waals surface area contributed by atoms with Crippen LogP contribution in [0.1, 0.15) is 91.6 Å². The molecule has 442 valence electrons. The summed E-state index contributed by atoms with van der Waals surface area (Å²) in [6.45, 7) is 14.9. The minimum atomic E-state index is 0.978. The van der Waals surface area contributed by atoms with Crippen molar-refractivity contribution in [3.05, 3.63) is 212 Å². The second-order valence-electron chi connectivity index (χ2n) is 16.5. The summed E-state index contributed by atoms with van der Waals surface area (Å²) >= 11 is 84.7. The van der Waals surface area contributed by atoms with Gasteiger partial charge in [-0.25, -0.2) is 0 Å². The molecule has 7 aromatic carbocycles. The molecule has 0 aliphatic rings. The summed E-state index contributed by atoms with van der Waals surface area (Å²) in [5.74, 6) is 0. The van der Waals surface area contributed by atoms with Crippen molar-refractivity contribution < 1.29 is 0 Å². The van der Waals surface area contributed by atoms with Gasteiger partial charge < -0.3 is 0 Å². The molecule has 7 rings (SSSR count). The van der Waals surface area contributed by atoms with Gasteiger partial charge >= 0.3 is 0 Å². The van der Waals surface area contributed by atoms with Crippen molar-refractivity contribution in [2.24, 2.45) is 0 Å². The van der Waals surface area contributed by atoms with Gasteiger partial charge in [0.2, 0.25) is 0 Å². The maximum Gasteiger partial charge on any atom is 0.0482 e. The maximum absolute atomic E-state index is 3.58. The summed E-state index contributed by atoms with van der Waals surface area (Å²) in [7, 11) is 0. The Morgan fingerprint density at radius 3 is 0.568 bits per heavy atom. The maximum atomic E-state index is 3.58. The molecule has 0 nitrogen and oxygen atoms in total. The Bertz CT molecular complexity index is 2720. The van der Waals surface area contributed by atoms with E-state index in [1.807, 2.05) is 0 Å². The molecule has 0 unspecified atom stereocenters. The van der Waals surface area contributed by atoms with E-state index in [2.05, 4.69) is 485 Å². The molecule has 0 aliphatic carbocycles. The molecule has 0 N–H and O–H groups in total. The Labute approximate surface area is 681 Å². The highest BCUT2D eigenvalue weighted by molar-refractivity contribution is 9.18. The van der Waals surface area contributed by atoms with E-state index in [9.17, 15) is 0 Å². The fourth-order valence-corrected chi connectivity index (χ4v) is 24.5. The molecule has 7 aromatic rings. The fourth-order valence-electron chi connectivity index (χ4n) is 6.82. The molecule has 81 heavy (non-hydrogen) atoms. The number of aryl methyl sites for hydroxylation is 3. The van der Waals surface area contributed by atoms with Gasteiger partial charge in [-0.3, -0.25) is 0 Å². The third-order valence-electron chi connectivity index (χ3n) is 11.5. The van der Waals surface area contributed by atoms with Crippen LogP contribution < -0.4 is 0 Å². The van der Waals surface area contributed by atoms with E-state index in [1.165, 1.54) is 50.1 Å². The van der Waals surface area contributed by atoms with Crippen LogP contribution in [0.5, 0.6) is 0 Å². The average Bonchev–Trinajstić information content (AvgIpc) is 3.50. The molecule has 0 fully saturated rings. The summed E-state index contributed by atoms with van der Waals surface area (Å²) in [6, 6.07) is 19.6. The normalized spacial score (nSPS) is 10.6. The molecule has 0 saturated heterocycles. The molecule has 0 saturated carbocycles. The predicted octanol–water partition coefficient (Wildman–Crippen LogP) is 33.9. The van der Waals surface area contributed by atoms with E-state index in [4.69, 9.17) is 0 Å². The molecule has 0 spiro atoms. The second kappa shape index (κ2) is 41.8. The number of halogens is 24. The van der Waals surface area contributed by atoms with Gasteiger partial charge in [0, 0.05) is 107 Å². The topological polar surface area (TPSA) is 0 Å². The molecule has 0 heterocycles. The second-order valence-corrected chi connectivity index (χ2v) is 35.5. The first-order chi connectivity index (χ1) is 37.9. The minimum absolute atomic E-state index is 0.978. The molecule has 0 bridgehead atoms. The number of hydrogen-bond acceptors (Lipinski definition) is 0. The third-order valence-corrected chi connectivity index (χ3v) is 41.3. The predicted molar refractivity (Wildman–Crippen MR) is 438 cm³/mol. The highest BCUT2D eigenvalue weighted by Crippen LogP contribution is 2.48. The lowest BCUT2D eigenvalue weighted by atomic mass is 10.0. The Kier molecular flexibility index (Phi) is 42.9. The number of hydrogen-bond donors (Lipinski definition) is 0. The quantitative estimate of drug-likeness (QED) is 0.0998. The molecular formula is C57H46Br24. The molecule has 0 amide bonds. The SMILES string of the molecule is CCc1c(Br)c(Br)c(Br)c(Br)c1Br.CCc1c(Br)c(Br)c(Br)c(Br)c1Br.CCc1c(Br)c(Br)c(Br)c(Br)c1Br.CCc1c(Br)c(Br)c(Br)c(Br)c1Br.CCc1c(Br)c(Br)c(C)c(Br)c1Br.CCc1ccc(CCc2ccccc2)cc1. The Hall–Kier alpha value is 6.06. The standard InChI is InChI=1S/C16H18.C9H8Br4.4C8H5Br5/c1-2-14-8-10-16(11-9-14)13-12-15-6-4-3-5-7-15;1-3-5-8(12)6(10)4(2)7(11)9(5)13;4*1-2-3-4(9)6(11)8(13)7(12)5(3)10/h3-11H,2,12-13H2,1H3;3H2,1-2H3;4*2H2,1H3. The van der Waals surface area contributed by atoms with Crippen LogP contribution in [0.2, 0.25) is 0 Å². The minimum Gasteiger partial charge on any atom is -0.0622 e. The smallest absolute Gasteiger partial charge is 0.0482 e. The summed E-state index contributed by atoms with van der Waals surface area (Å²) in [5.41, 5.74) is 11.8. The third kappa shape index (κ3) is 23.4. The van der Waals surface area contributed by atoms with Gasteiger partial charge in [-0.1, -0.05) is 96.1 Å². The van der Waals surface area contributed by atoms with E-state index < -0.39 is 0 Å². The van der Waals surface area contributed by atoms with Crippen LogP contribution in [0.15, 0.2) is 162 Å². The summed E-state index contributed by atoms with van der Waals surface area (Å²) in [6.07, 6.45) is 8.30. The van der Waals surface area contributed by atoms with Crippen LogP contribution >= 0.6 is 382 Å². The summed E-state index contributed by atoms with van der Waals surface area (Å²) in [5, 5.41) is 0. The van der Waals surface area contributed by atoms with Gasteiger partial charge in [0.1, 0.15) is 0 Å². The molecular weight excluding hydrogens is 2600 g/mol. The van der Waals surface area contributed by atoms with Crippen LogP contribution in [-0.2, 0) is 51.4 Å². The summed E-state index contributed by atoms with van der Waals surface area (Å²) < 4.78 is 25.7. The zero-order valence-corrected chi connectivity index (χ0v) is 81.5. The van der Waals surface area contributed by atoms with E-state index >= 15 is 0 Å². The van der Waals surface area contributed by atoms with Crippen molar-refractivity contribution in [2.75, 3.05) is 0 Å². The van der Waals surface area contributed by atoms with Gasteiger partial charge in [0.05, 0.1) is 0 Å². The van der Waals surface area contributed by atoms with Gasteiger partial charge in [0.25, 0.3) is 0 Å². The molecule has 0 aromatic heterocycles. The summed E-state index contributed by atoms with van der Waals surface area (Å²) in [4.78, 5) is 0. The van der Waals surface area contributed by atoms with Crippen molar-refractivity contribution in [1.29, 1.82) is 0 Å². The van der Waals surface area contributed by atoms with Crippen molar-refractivity contribution in [1.82, 2.24) is 0 Å². The van der Waals surface area contributed by atoms with Crippen LogP contribution in [-0.4, -0.2) is 0 Å². The average molecular weight is 2650 g/mol. The Morgan fingerprint density at radius 1 is 0.198 bits per heavy atom. The monoisotopic (exact) mass is 2620 g/mol. The number of benzene rings is 7. The molecule has 24 heteroatoms. The van der Waals surface area contributed by atoms with E-state index in [0.717, 1.165) is 159 Å². The van der Waals surface area contributed by atoms with E-state index in [0.29, 0.717) is 0 Å². The molecule has 0 radical (unpaired) electrons. The van der Waals surface area contributed by atoms with E-state index in [-0.39, 0.29) is 0 Å². The Morgan fingerprint density at radius 2 is 0.370 bits per heavy atom. The highest BCUT2D eigenvalue weighted by atomic mass is 79.9. The fraction of sp³-hybridized carbons (Fsp3) is 0.263.